The van der Waals surface area contributed by atoms with Crippen LogP contribution in [0.1, 0.15) is 18.4 Å². The van der Waals surface area contributed by atoms with Crippen LogP contribution < -0.4 is 5.73 Å². The summed E-state index contributed by atoms with van der Waals surface area (Å²) in [6.07, 6.45) is 4.48. The second-order valence-electron chi connectivity index (χ2n) is 5.49. The van der Waals surface area contributed by atoms with Gasteiger partial charge in [-0.1, -0.05) is 18.2 Å². The van der Waals surface area contributed by atoms with Gasteiger partial charge >= 0.3 is 0 Å². The number of aromatic nitrogens is 1. The molecule has 3 heteroatoms. The molecule has 0 saturated carbocycles. The van der Waals surface area contributed by atoms with Crippen LogP contribution in [0.3, 0.4) is 0 Å². The highest BCUT2D eigenvalue weighted by atomic mass is 15.1. The lowest BCUT2D eigenvalue weighted by atomic mass is 9.97. The number of fused-ring (bicyclic) bond motifs is 1. The van der Waals surface area contributed by atoms with Gasteiger partial charge in [0.05, 0.1) is 5.52 Å². The number of rotatable bonds is 3. The first-order valence-corrected chi connectivity index (χ1v) is 7.11. The summed E-state index contributed by atoms with van der Waals surface area (Å²) in [7, 11) is 0. The third-order valence-corrected chi connectivity index (χ3v) is 4.09. The Hall–Kier alpha value is -1.45. The minimum atomic E-state index is 0.728. The molecule has 1 aromatic carbocycles. The second kappa shape index (κ2) is 5.68. The zero-order chi connectivity index (χ0) is 13.1. The molecule has 1 saturated heterocycles. The average molecular weight is 255 g/mol. The number of pyridine rings is 1. The Balaban J connectivity index is 1.68. The molecule has 1 fully saturated rings. The van der Waals surface area contributed by atoms with Crippen molar-refractivity contribution in [3.8, 4) is 0 Å². The summed E-state index contributed by atoms with van der Waals surface area (Å²) in [5.41, 5.74) is 8.12. The van der Waals surface area contributed by atoms with Crippen LogP contribution in [-0.2, 0) is 6.54 Å². The number of hydrogen-bond acceptors (Lipinski definition) is 3. The summed E-state index contributed by atoms with van der Waals surface area (Å²) < 4.78 is 0. The third kappa shape index (κ3) is 2.94. The lowest BCUT2D eigenvalue weighted by molar-refractivity contribution is 0.180. The largest absolute Gasteiger partial charge is 0.330 e. The van der Waals surface area contributed by atoms with Gasteiger partial charge in [-0.05, 0) is 56.1 Å². The van der Waals surface area contributed by atoms with E-state index in [4.69, 9.17) is 5.73 Å². The molecule has 0 aliphatic carbocycles. The maximum atomic E-state index is 5.73. The van der Waals surface area contributed by atoms with Crippen LogP contribution in [0.2, 0.25) is 0 Å². The molecule has 1 aromatic heterocycles. The van der Waals surface area contributed by atoms with Crippen molar-refractivity contribution >= 4 is 10.9 Å². The van der Waals surface area contributed by atoms with Crippen molar-refractivity contribution in [3.63, 3.8) is 0 Å². The summed E-state index contributed by atoms with van der Waals surface area (Å²) in [6, 6.07) is 10.6. The smallest absolute Gasteiger partial charge is 0.0702 e. The summed E-state index contributed by atoms with van der Waals surface area (Å²) in [4.78, 5) is 7.04. The second-order valence-corrected chi connectivity index (χ2v) is 5.49. The van der Waals surface area contributed by atoms with E-state index in [1.165, 1.54) is 23.8 Å². The molecule has 2 N–H and O–H groups in total. The highest BCUT2D eigenvalue weighted by molar-refractivity contribution is 5.78. The molecule has 19 heavy (non-hydrogen) atoms. The van der Waals surface area contributed by atoms with E-state index in [9.17, 15) is 0 Å². The van der Waals surface area contributed by atoms with Crippen molar-refractivity contribution in [1.82, 2.24) is 9.88 Å². The molecule has 2 aromatic rings. The number of piperidine rings is 1. The van der Waals surface area contributed by atoms with Crippen LogP contribution in [0.15, 0.2) is 36.5 Å². The number of nitrogens with two attached hydrogens (primary N) is 1. The molecule has 0 spiro atoms. The molecule has 1 aliphatic heterocycles. The number of likely N-dealkylation sites (tertiary alicyclic amines) is 1. The Morgan fingerprint density at radius 1 is 1.21 bits per heavy atom. The Kier molecular flexibility index (Phi) is 3.76. The van der Waals surface area contributed by atoms with E-state index in [1.807, 2.05) is 12.3 Å². The first kappa shape index (κ1) is 12.6. The Bertz CT molecular complexity index is 544. The van der Waals surface area contributed by atoms with Gasteiger partial charge in [-0.3, -0.25) is 9.88 Å². The lowest BCUT2D eigenvalue weighted by Gasteiger charge is -2.31. The van der Waals surface area contributed by atoms with Crippen molar-refractivity contribution in [2.45, 2.75) is 19.4 Å². The molecule has 3 nitrogen and oxygen atoms in total. The van der Waals surface area contributed by atoms with E-state index in [2.05, 4.69) is 34.1 Å². The molecular formula is C16H21N3. The lowest BCUT2D eigenvalue weighted by Crippen LogP contribution is -2.35. The van der Waals surface area contributed by atoms with Gasteiger partial charge in [-0.15, -0.1) is 0 Å². The van der Waals surface area contributed by atoms with Crippen molar-refractivity contribution < 1.29 is 0 Å². The zero-order valence-corrected chi connectivity index (χ0v) is 11.3. The van der Waals surface area contributed by atoms with E-state index in [-0.39, 0.29) is 0 Å². The molecular weight excluding hydrogens is 234 g/mol. The van der Waals surface area contributed by atoms with Crippen molar-refractivity contribution in [3.05, 3.63) is 42.1 Å². The minimum Gasteiger partial charge on any atom is -0.330 e. The highest BCUT2D eigenvalue weighted by Gasteiger charge is 2.17. The van der Waals surface area contributed by atoms with E-state index < -0.39 is 0 Å². The van der Waals surface area contributed by atoms with Crippen molar-refractivity contribution in [2.24, 2.45) is 11.7 Å². The Labute approximate surface area is 114 Å². The van der Waals surface area contributed by atoms with Gasteiger partial charge in [-0.25, -0.2) is 0 Å². The van der Waals surface area contributed by atoms with Crippen LogP contribution in [0.4, 0.5) is 0 Å². The summed E-state index contributed by atoms with van der Waals surface area (Å²) in [5, 5.41) is 1.23. The standard InChI is InChI=1S/C16H21N3/c17-10-13-5-7-19(8-6-13)12-14-9-15-3-1-2-4-16(15)18-11-14/h1-4,9,11,13H,5-8,10,12,17H2. The number of benzene rings is 1. The fourth-order valence-corrected chi connectivity index (χ4v) is 2.84. The first-order chi connectivity index (χ1) is 9.35. The van der Waals surface area contributed by atoms with Crippen molar-refractivity contribution in [1.29, 1.82) is 0 Å². The van der Waals surface area contributed by atoms with Crippen LogP contribution >= 0.6 is 0 Å². The molecule has 0 bridgehead atoms. The highest BCUT2D eigenvalue weighted by Crippen LogP contribution is 2.19. The van der Waals surface area contributed by atoms with Gasteiger partial charge in [0.15, 0.2) is 0 Å². The van der Waals surface area contributed by atoms with Crippen LogP contribution in [0.25, 0.3) is 10.9 Å². The van der Waals surface area contributed by atoms with Gasteiger partial charge in [0.1, 0.15) is 0 Å². The predicted octanol–water partition coefficient (Wildman–Crippen LogP) is 2.41. The normalized spacial score (nSPS) is 17.9. The fraction of sp³-hybridized carbons (Fsp3) is 0.438. The quantitative estimate of drug-likeness (QED) is 0.915. The first-order valence-electron chi connectivity index (χ1n) is 7.11. The monoisotopic (exact) mass is 255 g/mol. The van der Waals surface area contributed by atoms with Gasteiger partial charge in [0.2, 0.25) is 0 Å². The molecule has 0 amide bonds. The van der Waals surface area contributed by atoms with Gasteiger partial charge in [0.25, 0.3) is 0 Å². The van der Waals surface area contributed by atoms with Gasteiger partial charge < -0.3 is 5.73 Å². The molecule has 1 aliphatic rings. The van der Waals surface area contributed by atoms with E-state index >= 15 is 0 Å². The summed E-state index contributed by atoms with van der Waals surface area (Å²) >= 11 is 0. The molecule has 100 valence electrons. The van der Waals surface area contributed by atoms with Crippen LogP contribution in [0.5, 0.6) is 0 Å². The van der Waals surface area contributed by atoms with Crippen molar-refractivity contribution in [2.75, 3.05) is 19.6 Å². The number of nitrogens with zero attached hydrogens (tertiary/aromatic N) is 2. The number of hydrogen-bond donors (Lipinski definition) is 1. The van der Waals surface area contributed by atoms with Gasteiger partial charge in [0, 0.05) is 18.1 Å². The van der Waals surface area contributed by atoms with Crippen LogP contribution in [0, 0.1) is 5.92 Å². The van der Waals surface area contributed by atoms with E-state index in [0.717, 1.165) is 37.6 Å². The molecule has 0 unspecified atom stereocenters. The molecule has 3 rings (SSSR count). The average Bonchev–Trinajstić information content (AvgIpc) is 2.48. The maximum absolute atomic E-state index is 5.73. The molecule has 0 atom stereocenters. The minimum absolute atomic E-state index is 0.728. The Morgan fingerprint density at radius 2 is 2.00 bits per heavy atom. The maximum Gasteiger partial charge on any atom is 0.0702 e. The Morgan fingerprint density at radius 3 is 2.79 bits per heavy atom. The third-order valence-electron chi connectivity index (χ3n) is 4.09. The molecule has 2 heterocycles. The predicted molar refractivity (Wildman–Crippen MR) is 78.8 cm³/mol. The number of para-hydroxylation sites is 1. The zero-order valence-electron chi connectivity index (χ0n) is 11.3. The van der Waals surface area contributed by atoms with Crippen LogP contribution in [-0.4, -0.2) is 29.5 Å². The van der Waals surface area contributed by atoms with Gasteiger partial charge in [-0.2, -0.15) is 0 Å². The summed E-state index contributed by atoms with van der Waals surface area (Å²) in [5.74, 6) is 0.728. The topological polar surface area (TPSA) is 42.1 Å². The molecule has 0 radical (unpaired) electrons. The van der Waals surface area contributed by atoms with E-state index in [0.29, 0.717) is 0 Å². The summed E-state index contributed by atoms with van der Waals surface area (Å²) in [6.45, 7) is 4.17. The van der Waals surface area contributed by atoms with E-state index in [1.54, 1.807) is 0 Å². The fourth-order valence-electron chi connectivity index (χ4n) is 2.84. The SMILES string of the molecule is NCC1CCN(Cc2cnc3ccccc3c2)CC1.